The molecule has 1 saturated carbocycles. The van der Waals surface area contributed by atoms with E-state index in [0.717, 1.165) is 23.7 Å². The monoisotopic (exact) mass is 340 g/mol. The largest absolute Gasteiger partial charge is 0.338 e. The normalized spacial score (nSPS) is 16.2. The molecule has 1 N–H and O–H groups in total. The zero-order valence-corrected chi connectivity index (χ0v) is 13.5. The highest BCUT2D eigenvalue weighted by Crippen LogP contribution is 2.24. The van der Waals surface area contributed by atoms with Crippen molar-refractivity contribution in [1.82, 2.24) is 9.29 Å². The van der Waals surface area contributed by atoms with Gasteiger partial charge in [-0.25, -0.2) is 8.42 Å². The molecule has 0 saturated heterocycles. The quantitative estimate of drug-likeness (QED) is 0.930. The Morgan fingerprint density at radius 1 is 1.27 bits per heavy atom. The van der Waals surface area contributed by atoms with Crippen molar-refractivity contribution in [2.45, 2.75) is 37.5 Å². The molecule has 3 rings (SSSR count). The number of rotatable bonds is 4. The predicted molar refractivity (Wildman–Crippen MR) is 86.3 cm³/mol. The van der Waals surface area contributed by atoms with E-state index in [2.05, 4.69) is 4.72 Å². The second-order valence-corrected chi connectivity index (χ2v) is 8.02. The average Bonchev–Trinajstić information content (AvgIpc) is 3.09. The summed E-state index contributed by atoms with van der Waals surface area (Å²) in [5.74, 6) is -0.524. The SMILES string of the molecule is O=C(Cn1ccc2ccc(Cl)cc21)NS(=O)(=O)C1CCCC1. The number of hydrogen-bond donors (Lipinski definition) is 1. The van der Waals surface area contributed by atoms with Crippen molar-refractivity contribution in [1.29, 1.82) is 0 Å². The van der Waals surface area contributed by atoms with Crippen LogP contribution in [0, 0.1) is 0 Å². The van der Waals surface area contributed by atoms with Crippen molar-refractivity contribution in [3.8, 4) is 0 Å². The van der Waals surface area contributed by atoms with Crippen LogP contribution in [0.1, 0.15) is 25.7 Å². The second-order valence-electron chi connectivity index (χ2n) is 5.62. The number of aromatic nitrogens is 1. The van der Waals surface area contributed by atoms with Crippen molar-refractivity contribution in [3.63, 3.8) is 0 Å². The van der Waals surface area contributed by atoms with Gasteiger partial charge in [0.25, 0.3) is 5.91 Å². The summed E-state index contributed by atoms with van der Waals surface area (Å²) in [6, 6.07) is 7.26. The highest BCUT2D eigenvalue weighted by atomic mass is 35.5. The Kier molecular flexibility index (Phi) is 4.14. The Balaban J connectivity index is 1.74. The van der Waals surface area contributed by atoms with Crippen LogP contribution in [-0.4, -0.2) is 24.1 Å². The van der Waals surface area contributed by atoms with E-state index >= 15 is 0 Å². The second kappa shape index (κ2) is 5.93. The molecule has 0 radical (unpaired) electrons. The molecule has 1 aromatic carbocycles. The molecular formula is C15H17ClN2O3S. The Hall–Kier alpha value is -1.53. The zero-order valence-electron chi connectivity index (χ0n) is 12.0. The van der Waals surface area contributed by atoms with Gasteiger partial charge in [-0.15, -0.1) is 0 Å². The fraction of sp³-hybridized carbons (Fsp3) is 0.400. The maximum Gasteiger partial charge on any atom is 0.253 e. The first-order valence-corrected chi connectivity index (χ1v) is 9.17. The van der Waals surface area contributed by atoms with Crippen molar-refractivity contribution in [3.05, 3.63) is 35.5 Å². The fourth-order valence-electron chi connectivity index (χ4n) is 2.92. The van der Waals surface area contributed by atoms with Gasteiger partial charge < -0.3 is 4.57 Å². The molecule has 7 heteroatoms. The van der Waals surface area contributed by atoms with Crippen LogP contribution < -0.4 is 4.72 Å². The van der Waals surface area contributed by atoms with Gasteiger partial charge in [0, 0.05) is 16.7 Å². The van der Waals surface area contributed by atoms with Crippen LogP contribution in [0.4, 0.5) is 0 Å². The molecule has 0 spiro atoms. The van der Waals surface area contributed by atoms with Crippen LogP contribution in [0.2, 0.25) is 5.02 Å². The number of sulfonamides is 1. The number of benzene rings is 1. The first kappa shape index (κ1) is 15.4. The summed E-state index contributed by atoms with van der Waals surface area (Å²) in [6.45, 7) is -0.0458. The molecule has 0 unspecified atom stereocenters. The third kappa shape index (κ3) is 3.13. The summed E-state index contributed by atoms with van der Waals surface area (Å²) in [5, 5.41) is 1.09. The minimum atomic E-state index is -3.56. The summed E-state index contributed by atoms with van der Waals surface area (Å²) in [4.78, 5) is 12.1. The molecule has 1 fully saturated rings. The highest BCUT2D eigenvalue weighted by molar-refractivity contribution is 7.90. The number of fused-ring (bicyclic) bond motifs is 1. The van der Waals surface area contributed by atoms with Crippen LogP contribution in [0.25, 0.3) is 10.9 Å². The minimum Gasteiger partial charge on any atom is -0.338 e. The Morgan fingerprint density at radius 2 is 2.00 bits per heavy atom. The van der Waals surface area contributed by atoms with Gasteiger partial charge >= 0.3 is 0 Å². The Morgan fingerprint density at radius 3 is 2.73 bits per heavy atom. The van der Waals surface area contributed by atoms with Crippen LogP contribution in [0.5, 0.6) is 0 Å². The first-order chi connectivity index (χ1) is 10.5. The van der Waals surface area contributed by atoms with E-state index in [1.54, 1.807) is 22.9 Å². The third-order valence-electron chi connectivity index (χ3n) is 4.05. The molecule has 118 valence electrons. The van der Waals surface area contributed by atoms with Gasteiger partial charge in [-0.05, 0) is 36.4 Å². The van der Waals surface area contributed by atoms with E-state index in [9.17, 15) is 13.2 Å². The van der Waals surface area contributed by atoms with E-state index in [-0.39, 0.29) is 6.54 Å². The summed E-state index contributed by atoms with van der Waals surface area (Å²) in [6.07, 6.45) is 4.82. The lowest BCUT2D eigenvalue weighted by atomic mass is 10.2. The van der Waals surface area contributed by atoms with Crippen molar-refractivity contribution in [2.75, 3.05) is 0 Å². The number of nitrogens with zero attached hydrogens (tertiary/aromatic N) is 1. The van der Waals surface area contributed by atoms with Gasteiger partial charge in [0.05, 0.1) is 5.25 Å². The lowest BCUT2D eigenvalue weighted by molar-refractivity contribution is -0.119. The first-order valence-electron chi connectivity index (χ1n) is 7.24. The van der Waals surface area contributed by atoms with Gasteiger partial charge in [-0.1, -0.05) is 30.5 Å². The topological polar surface area (TPSA) is 68.2 Å². The van der Waals surface area contributed by atoms with Crippen LogP contribution in [0.3, 0.4) is 0 Å². The fourth-order valence-corrected chi connectivity index (χ4v) is 4.59. The van der Waals surface area contributed by atoms with Crippen LogP contribution >= 0.6 is 11.6 Å². The molecule has 1 amide bonds. The number of hydrogen-bond acceptors (Lipinski definition) is 3. The molecule has 1 heterocycles. The number of amides is 1. The van der Waals surface area contributed by atoms with Gasteiger partial charge in [0.1, 0.15) is 6.54 Å². The standard InChI is InChI=1S/C15H17ClN2O3S/c16-12-6-5-11-7-8-18(14(11)9-12)10-15(19)17-22(20,21)13-3-1-2-4-13/h5-9,13H,1-4,10H2,(H,17,19). The van der Waals surface area contributed by atoms with Crippen molar-refractivity contribution < 1.29 is 13.2 Å². The van der Waals surface area contributed by atoms with Gasteiger partial charge in [0.15, 0.2) is 0 Å². The van der Waals surface area contributed by atoms with E-state index in [1.807, 2.05) is 12.1 Å². The summed E-state index contributed by atoms with van der Waals surface area (Å²) in [5.41, 5.74) is 0.806. The number of carbonyl (C=O) groups excluding carboxylic acids is 1. The van der Waals surface area contributed by atoms with Crippen LogP contribution in [0.15, 0.2) is 30.5 Å². The lowest BCUT2D eigenvalue weighted by Crippen LogP contribution is -2.38. The highest BCUT2D eigenvalue weighted by Gasteiger charge is 2.30. The molecule has 0 bridgehead atoms. The summed E-state index contributed by atoms with van der Waals surface area (Å²) < 4.78 is 28.1. The molecule has 5 nitrogen and oxygen atoms in total. The zero-order chi connectivity index (χ0) is 15.7. The molecular weight excluding hydrogens is 324 g/mol. The van der Waals surface area contributed by atoms with Crippen LogP contribution in [-0.2, 0) is 21.4 Å². The lowest BCUT2D eigenvalue weighted by Gasteiger charge is -2.13. The molecule has 22 heavy (non-hydrogen) atoms. The average molecular weight is 341 g/mol. The number of carbonyl (C=O) groups is 1. The smallest absolute Gasteiger partial charge is 0.253 e. The summed E-state index contributed by atoms with van der Waals surface area (Å²) >= 11 is 5.97. The molecule has 1 aliphatic carbocycles. The molecule has 0 aliphatic heterocycles. The van der Waals surface area contributed by atoms with Crippen molar-refractivity contribution in [2.24, 2.45) is 0 Å². The maximum atomic E-state index is 12.1. The minimum absolute atomic E-state index is 0.0458. The van der Waals surface area contributed by atoms with Gasteiger partial charge in [-0.3, -0.25) is 9.52 Å². The Bertz CT molecular complexity index is 807. The molecule has 1 aromatic heterocycles. The number of halogens is 1. The maximum absolute atomic E-state index is 12.1. The van der Waals surface area contributed by atoms with Crippen molar-refractivity contribution >= 4 is 38.4 Å². The number of nitrogens with one attached hydrogen (secondary N) is 1. The van der Waals surface area contributed by atoms with Gasteiger partial charge in [-0.2, -0.15) is 0 Å². The molecule has 1 aliphatic rings. The Labute approximate surface area is 134 Å². The third-order valence-corrected chi connectivity index (χ3v) is 6.14. The van der Waals surface area contributed by atoms with E-state index in [1.165, 1.54) is 0 Å². The predicted octanol–water partition coefficient (Wildman–Crippen LogP) is 2.68. The van der Waals surface area contributed by atoms with E-state index < -0.39 is 21.2 Å². The molecule has 2 aromatic rings. The van der Waals surface area contributed by atoms with E-state index in [4.69, 9.17) is 11.6 Å². The summed E-state index contributed by atoms with van der Waals surface area (Å²) in [7, 11) is -3.56. The van der Waals surface area contributed by atoms with Gasteiger partial charge in [0.2, 0.25) is 10.0 Å². The van der Waals surface area contributed by atoms with E-state index in [0.29, 0.717) is 17.9 Å². The molecule has 0 atom stereocenters.